The summed E-state index contributed by atoms with van der Waals surface area (Å²) in [5, 5.41) is 8.70. The molecule has 0 spiro atoms. The average Bonchev–Trinajstić information content (AvgIpc) is 2.63. The van der Waals surface area contributed by atoms with Crippen molar-refractivity contribution in [3.8, 4) is 6.07 Å². The number of benzene rings is 2. The molecule has 0 radical (unpaired) electrons. The first-order chi connectivity index (χ1) is 12.5. The van der Waals surface area contributed by atoms with E-state index >= 15 is 0 Å². The van der Waals surface area contributed by atoms with Crippen LogP contribution >= 0.6 is 0 Å². The number of rotatable bonds is 4. The zero-order valence-electron chi connectivity index (χ0n) is 15.7. The highest BCUT2D eigenvalue weighted by Crippen LogP contribution is 2.30. The summed E-state index contributed by atoms with van der Waals surface area (Å²) in [5.74, 6) is 0.160. The Hall–Kier alpha value is -2.86. The van der Waals surface area contributed by atoms with Crippen molar-refractivity contribution in [1.29, 1.82) is 5.26 Å². The summed E-state index contributed by atoms with van der Waals surface area (Å²) in [6.45, 7) is 4.85. The van der Waals surface area contributed by atoms with Crippen LogP contribution in [0.3, 0.4) is 0 Å². The fourth-order valence-electron chi connectivity index (χ4n) is 3.59. The molecule has 3 nitrogen and oxygen atoms in total. The van der Waals surface area contributed by atoms with Gasteiger partial charge in [0.1, 0.15) is 0 Å². The molecule has 2 aromatic carbocycles. The van der Waals surface area contributed by atoms with Gasteiger partial charge in [-0.25, -0.2) is 0 Å². The van der Waals surface area contributed by atoms with Gasteiger partial charge in [0.2, 0.25) is 0 Å². The minimum atomic E-state index is 0.160. The topological polar surface area (TPSA) is 44.1 Å². The molecule has 0 saturated carbocycles. The third-order valence-electron chi connectivity index (χ3n) is 5.03. The quantitative estimate of drug-likeness (QED) is 0.744. The Morgan fingerprint density at radius 2 is 1.88 bits per heavy atom. The standard InChI is InChI=1S/C23H24N2O/c1-16-13-17(2)21-10-7-19(23(26)22(21)14-16)15-18-5-8-20(9-6-18)25(3)12-4-11-24/h5-6,8-9,13-15H,4,7,10,12H2,1-3H3. The largest absolute Gasteiger partial charge is 0.374 e. The Morgan fingerprint density at radius 3 is 2.58 bits per heavy atom. The van der Waals surface area contributed by atoms with Gasteiger partial charge in [-0.05, 0) is 67.7 Å². The molecule has 2 aromatic rings. The van der Waals surface area contributed by atoms with Crippen LogP contribution in [0.5, 0.6) is 0 Å². The number of nitrogens with zero attached hydrogens (tertiary/aromatic N) is 2. The van der Waals surface area contributed by atoms with Gasteiger partial charge in [0.05, 0.1) is 12.5 Å². The Morgan fingerprint density at radius 1 is 1.15 bits per heavy atom. The lowest BCUT2D eigenvalue weighted by Gasteiger charge is -2.20. The first kappa shape index (κ1) is 17.9. The van der Waals surface area contributed by atoms with Crippen LogP contribution in [0.15, 0.2) is 42.0 Å². The third-order valence-corrected chi connectivity index (χ3v) is 5.03. The SMILES string of the molecule is Cc1cc(C)c2c(c1)C(=O)C(=Cc1ccc(N(C)CCC#N)cc1)CC2. The lowest BCUT2D eigenvalue weighted by molar-refractivity contribution is 0.102. The van der Waals surface area contributed by atoms with Crippen LogP contribution in [-0.4, -0.2) is 19.4 Å². The molecule has 0 saturated heterocycles. The fraction of sp³-hybridized carbons (Fsp3) is 0.304. The molecule has 0 bridgehead atoms. The van der Waals surface area contributed by atoms with Gasteiger partial charge in [-0.3, -0.25) is 4.79 Å². The van der Waals surface area contributed by atoms with E-state index in [4.69, 9.17) is 5.26 Å². The maximum atomic E-state index is 12.9. The van der Waals surface area contributed by atoms with Gasteiger partial charge >= 0.3 is 0 Å². The summed E-state index contributed by atoms with van der Waals surface area (Å²) in [7, 11) is 1.98. The Kier molecular flexibility index (Phi) is 5.23. The number of aryl methyl sites for hydroxylation is 2. The van der Waals surface area contributed by atoms with Gasteiger partial charge < -0.3 is 4.90 Å². The van der Waals surface area contributed by atoms with Crippen molar-refractivity contribution < 1.29 is 4.79 Å². The molecule has 0 aliphatic heterocycles. The summed E-state index contributed by atoms with van der Waals surface area (Å²) >= 11 is 0. The molecule has 0 fully saturated rings. The maximum Gasteiger partial charge on any atom is 0.189 e. The zero-order chi connectivity index (χ0) is 18.7. The average molecular weight is 344 g/mol. The predicted molar refractivity (Wildman–Crippen MR) is 106 cm³/mol. The number of fused-ring (bicyclic) bond motifs is 1. The first-order valence-corrected chi connectivity index (χ1v) is 9.03. The van der Waals surface area contributed by atoms with Gasteiger partial charge in [-0.15, -0.1) is 0 Å². The summed E-state index contributed by atoms with van der Waals surface area (Å²) in [5.41, 5.74) is 7.43. The molecule has 3 heteroatoms. The van der Waals surface area contributed by atoms with Gasteiger partial charge in [0.15, 0.2) is 5.78 Å². The maximum absolute atomic E-state index is 12.9. The van der Waals surface area contributed by atoms with Crippen LogP contribution in [0.1, 0.15) is 45.5 Å². The van der Waals surface area contributed by atoms with E-state index in [-0.39, 0.29) is 5.78 Å². The van der Waals surface area contributed by atoms with Crippen molar-refractivity contribution in [3.05, 3.63) is 69.8 Å². The van der Waals surface area contributed by atoms with E-state index in [0.29, 0.717) is 13.0 Å². The van der Waals surface area contributed by atoms with Crippen LogP contribution in [0.2, 0.25) is 0 Å². The van der Waals surface area contributed by atoms with Crippen LogP contribution in [0, 0.1) is 25.2 Å². The number of ketones is 1. The Balaban J connectivity index is 1.82. The molecule has 0 N–H and O–H groups in total. The van der Waals surface area contributed by atoms with E-state index in [1.54, 1.807) is 0 Å². The molecular formula is C23H24N2O. The van der Waals surface area contributed by atoms with Crippen molar-refractivity contribution in [2.24, 2.45) is 0 Å². The number of hydrogen-bond acceptors (Lipinski definition) is 3. The molecule has 0 heterocycles. The highest BCUT2D eigenvalue weighted by Gasteiger charge is 2.23. The van der Waals surface area contributed by atoms with E-state index in [1.165, 1.54) is 11.1 Å². The number of allylic oxidation sites excluding steroid dienone is 1. The van der Waals surface area contributed by atoms with Crippen LogP contribution in [0.4, 0.5) is 5.69 Å². The molecule has 0 atom stereocenters. The predicted octanol–water partition coefficient (Wildman–Crippen LogP) is 4.87. The van der Waals surface area contributed by atoms with E-state index in [2.05, 4.69) is 24.0 Å². The Bertz CT molecular complexity index is 901. The second-order valence-corrected chi connectivity index (χ2v) is 7.03. The van der Waals surface area contributed by atoms with Crippen LogP contribution < -0.4 is 4.90 Å². The van der Waals surface area contributed by atoms with Crippen molar-refractivity contribution in [1.82, 2.24) is 0 Å². The normalized spacial score (nSPS) is 14.8. The van der Waals surface area contributed by atoms with Crippen molar-refractivity contribution in [3.63, 3.8) is 0 Å². The summed E-state index contributed by atoms with van der Waals surface area (Å²) in [6, 6.07) is 14.5. The second-order valence-electron chi connectivity index (χ2n) is 7.03. The molecular weight excluding hydrogens is 320 g/mol. The van der Waals surface area contributed by atoms with Crippen molar-refractivity contribution in [2.75, 3.05) is 18.5 Å². The second kappa shape index (κ2) is 7.58. The molecule has 26 heavy (non-hydrogen) atoms. The van der Waals surface area contributed by atoms with Crippen molar-refractivity contribution >= 4 is 17.5 Å². The lowest BCUT2D eigenvalue weighted by Crippen LogP contribution is -2.17. The fourth-order valence-corrected chi connectivity index (χ4v) is 3.59. The molecule has 132 valence electrons. The monoisotopic (exact) mass is 344 g/mol. The summed E-state index contributed by atoms with van der Waals surface area (Å²) in [4.78, 5) is 15.0. The lowest BCUT2D eigenvalue weighted by atomic mass is 9.83. The minimum Gasteiger partial charge on any atom is -0.374 e. The summed E-state index contributed by atoms with van der Waals surface area (Å²) < 4.78 is 0. The van der Waals surface area contributed by atoms with Gasteiger partial charge in [-0.2, -0.15) is 5.26 Å². The van der Waals surface area contributed by atoms with E-state index in [9.17, 15) is 4.79 Å². The number of hydrogen-bond donors (Lipinski definition) is 0. The van der Waals surface area contributed by atoms with Gasteiger partial charge in [0, 0.05) is 30.4 Å². The summed E-state index contributed by atoms with van der Waals surface area (Å²) in [6.07, 6.45) is 4.24. The number of carbonyl (C=O) groups excluding carboxylic acids is 1. The number of carbonyl (C=O) groups is 1. The van der Waals surface area contributed by atoms with Crippen molar-refractivity contribution in [2.45, 2.75) is 33.1 Å². The van der Waals surface area contributed by atoms with E-state index in [0.717, 1.165) is 40.8 Å². The zero-order valence-corrected chi connectivity index (χ0v) is 15.7. The highest BCUT2D eigenvalue weighted by molar-refractivity contribution is 6.13. The molecule has 3 rings (SSSR count). The van der Waals surface area contributed by atoms with Crippen LogP contribution in [0.25, 0.3) is 6.08 Å². The molecule has 0 unspecified atom stereocenters. The molecule has 0 amide bonds. The minimum absolute atomic E-state index is 0.160. The number of anilines is 1. The Labute approximate surface area is 155 Å². The smallest absolute Gasteiger partial charge is 0.189 e. The van der Waals surface area contributed by atoms with Gasteiger partial charge in [0.25, 0.3) is 0 Å². The van der Waals surface area contributed by atoms with Gasteiger partial charge in [-0.1, -0.05) is 23.8 Å². The molecule has 1 aliphatic carbocycles. The van der Waals surface area contributed by atoms with E-state index in [1.807, 2.05) is 50.4 Å². The highest BCUT2D eigenvalue weighted by atomic mass is 16.1. The van der Waals surface area contributed by atoms with E-state index < -0.39 is 0 Å². The third kappa shape index (κ3) is 3.70. The number of Topliss-reactive ketones (excluding diaryl/α,β-unsaturated/α-hetero) is 1. The molecule has 0 aromatic heterocycles. The number of nitriles is 1. The first-order valence-electron chi connectivity index (χ1n) is 9.03. The molecule has 1 aliphatic rings. The van der Waals surface area contributed by atoms with Crippen LogP contribution in [-0.2, 0) is 6.42 Å².